The number of hydrogen-bond donors (Lipinski definition) is 2. The van der Waals surface area contributed by atoms with Gasteiger partial charge in [0.1, 0.15) is 6.10 Å². The zero-order chi connectivity index (χ0) is 14.5. The van der Waals surface area contributed by atoms with Crippen molar-refractivity contribution in [2.75, 3.05) is 0 Å². The number of thiophene rings is 1. The van der Waals surface area contributed by atoms with E-state index in [4.69, 9.17) is 5.73 Å². The Balaban J connectivity index is 1.93. The maximum absolute atomic E-state index is 11.6. The summed E-state index contributed by atoms with van der Waals surface area (Å²) in [4.78, 5) is 13.2. The molecule has 4 heteroatoms. The van der Waals surface area contributed by atoms with E-state index >= 15 is 0 Å². The summed E-state index contributed by atoms with van der Waals surface area (Å²) < 4.78 is 0. The number of nitrogens with two attached hydrogens (primary N) is 1. The second-order valence-electron chi connectivity index (χ2n) is 5.83. The summed E-state index contributed by atoms with van der Waals surface area (Å²) in [6, 6.07) is 3.43. The highest BCUT2D eigenvalue weighted by molar-refractivity contribution is 7.14. The second-order valence-corrected chi connectivity index (χ2v) is 6.94. The van der Waals surface area contributed by atoms with Crippen LogP contribution in [0.3, 0.4) is 0 Å². The van der Waals surface area contributed by atoms with Crippen LogP contribution in [0.2, 0.25) is 0 Å². The summed E-state index contributed by atoms with van der Waals surface area (Å²) in [7, 11) is 0. The summed E-state index contributed by atoms with van der Waals surface area (Å²) in [5, 5.41) is 10.4. The first-order valence-electron chi connectivity index (χ1n) is 7.68. The van der Waals surface area contributed by atoms with Crippen molar-refractivity contribution in [3.8, 4) is 0 Å². The second kappa shape index (κ2) is 7.34. The molecule has 1 aromatic heterocycles. The molecule has 1 saturated carbocycles. The predicted octanol–water partition coefficient (Wildman–Crippen LogP) is 3.67. The number of hydrogen-bond acceptors (Lipinski definition) is 4. The lowest BCUT2D eigenvalue weighted by Crippen LogP contribution is -2.31. The van der Waals surface area contributed by atoms with Crippen LogP contribution in [0, 0.1) is 5.92 Å². The first kappa shape index (κ1) is 15.7. The Hall–Kier alpha value is -0.710. The van der Waals surface area contributed by atoms with Crippen LogP contribution in [0.15, 0.2) is 12.1 Å². The molecule has 1 aromatic rings. The van der Waals surface area contributed by atoms with Gasteiger partial charge in [0.2, 0.25) is 0 Å². The molecular formula is C16H25NO2S. The third kappa shape index (κ3) is 3.90. The molecule has 3 nitrogen and oxygen atoms in total. The Morgan fingerprint density at radius 2 is 2.10 bits per heavy atom. The van der Waals surface area contributed by atoms with Crippen LogP contribution < -0.4 is 5.73 Å². The molecule has 0 saturated heterocycles. The van der Waals surface area contributed by atoms with E-state index in [1.807, 2.05) is 19.1 Å². The molecule has 1 aliphatic rings. The van der Waals surface area contributed by atoms with Crippen LogP contribution in [-0.4, -0.2) is 16.9 Å². The van der Waals surface area contributed by atoms with Crippen molar-refractivity contribution < 1.29 is 9.90 Å². The quantitative estimate of drug-likeness (QED) is 0.787. The van der Waals surface area contributed by atoms with Gasteiger partial charge in [0, 0.05) is 17.3 Å². The van der Waals surface area contributed by atoms with Crippen molar-refractivity contribution in [3.63, 3.8) is 0 Å². The Labute approximate surface area is 125 Å². The highest BCUT2D eigenvalue weighted by Crippen LogP contribution is 2.32. The van der Waals surface area contributed by atoms with Gasteiger partial charge in [-0.05, 0) is 24.5 Å². The van der Waals surface area contributed by atoms with Gasteiger partial charge in [-0.1, -0.05) is 39.0 Å². The average Bonchev–Trinajstić information content (AvgIpc) is 2.96. The van der Waals surface area contributed by atoms with Crippen molar-refractivity contribution in [3.05, 3.63) is 21.9 Å². The van der Waals surface area contributed by atoms with Gasteiger partial charge in [-0.3, -0.25) is 4.79 Å². The van der Waals surface area contributed by atoms with Gasteiger partial charge >= 0.3 is 0 Å². The molecule has 20 heavy (non-hydrogen) atoms. The molecule has 1 heterocycles. The van der Waals surface area contributed by atoms with Crippen molar-refractivity contribution in [2.45, 2.75) is 64.0 Å². The minimum absolute atomic E-state index is 0.134. The average molecular weight is 295 g/mol. The molecule has 3 N–H and O–H groups in total. The monoisotopic (exact) mass is 295 g/mol. The van der Waals surface area contributed by atoms with E-state index in [1.54, 1.807) is 0 Å². The van der Waals surface area contributed by atoms with Crippen LogP contribution in [-0.2, 0) is 0 Å². The SMILES string of the molecule is CCC(=O)c1ccc(C(O)C(N)CC2CCCCC2)s1. The number of aliphatic hydroxyl groups excluding tert-OH is 1. The first-order valence-corrected chi connectivity index (χ1v) is 8.50. The summed E-state index contributed by atoms with van der Waals surface area (Å²) in [6.07, 6.45) is 7.15. The molecule has 0 amide bonds. The van der Waals surface area contributed by atoms with Gasteiger partial charge in [-0.25, -0.2) is 0 Å². The van der Waals surface area contributed by atoms with Crippen LogP contribution in [0.25, 0.3) is 0 Å². The number of rotatable bonds is 6. The minimum Gasteiger partial charge on any atom is -0.386 e. The van der Waals surface area contributed by atoms with Crippen molar-refractivity contribution in [2.24, 2.45) is 11.7 Å². The number of carbonyl (C=O) groups excluding carboxylic acids is 1. The molecule has 0 bridgehead atoms. The third-order valence-corrected chi connectivity index (χ3v) is 5.45. The molecule has 0 radical (unpaired) electrons. The topological polar surface area (TPSA) is 63.3 Å². The standard InChI is InChI=1S/C16H25NO2S/c1-2-13(18)14-8-9-15(20-14)16(19)12(17)10-11-6-4-3-5-7-11/h8-9,11-12,16,19H,2-7,10,17H2,1H3. The largest absolute Gasteiger partial charge is 0.386 e. The lowest BCUT2D eigenvalue weighted by Gasteiger charge is -2.26. The molecule has 2 atom stereocenters. The van der Waals surface area contributed by atoms with E-state index in [2.05, 4.69) is 0 Å². The summed E-state index contributed by atoms with van der Waals surface area (Å²) >= 11 is 1.38. The lowest BCUT2D eigenvalue weighted by atomic mass is 9.84. The van der Waals surface area contributed by atoms with E-state index in [-0.39, 0.29) is 11.8 Å². The molecular weight excluding hydrogens is 270 g/mol. The van der Waals surface area contributed by atoms with Gasteiger partial charge in [-0.15, -0.1) is 11.3 Å². The van der Waals surface area contributed by atoms with Gasteiger partial charge in [0.25, 0.3) is 0 Å². The lowest BCUT2D eigenvalue weighted by molar-refractivity contribution is 0.0992. The number of carbonyl (C=O) groups is 1. The van der Waals surface area contributed by atoms with Crippen molar-refractivity contribution in [1.29, 1.82) is 0 Å². The van der Waals surface area contributed by atoms with E-state index in [0.29, 0.717) is 12.3 Å². The fourth-order valence-electron chi connectivity index (χ4n) is 2.98. The molecule has 2 unspecified atom stereocenters. The smallest absolute Gasteiger partial charge is 0.172 e. The normalized spacial score (nSPS) is 19.8. The van der Waals surface area contributed by atoms with Gasteiger partial charge in [-0.2, -0.15) is 0 Å². The summed E-state index contributed by atoms with van der Waals surface area (Å²) in [6.45, 7) is 1.85. The van der Waals surface area contributed by atoms with Crippen molar-refractivity contribution in [1.82, 2.24) is 0 Å². The van der Waals surface area contributed by atoms with Gasteiger partial charge < -0.3 is 10.8 Å². The highest BCUT2D eigenvalue weighted by Gasteiger charge is 2.24. The molecule has 0 spiro atoms. The van der Waals surface area contributed by atoms with E-state index < -0.39 is 6.10 Å². The Kier molecular flexibility index (Phi) is 5.75. The van der Waals surface area contributed by atoms with Gasteiger partial charge in [0.15, 0.2) is 5.78 Å². The fraction of sp³-hybridized carbons (Fsp3) is 0.688. The molecule has 0 aliphatic heterocycles. The number of ketones is 1. The predicted molar refractivity (Wildman–Crippen MR) is 83.1 cm³/mol. The zero-order valence-electron chi connectivity index (χ0n) is 12.2. The van der Waals surface area contributed by atoms with Crippen LogP contribution >= 0.6 is 11.3 Å². The summed E-state index contributed by atoms with van der Waals surface area (Å²) in [5.41, 5.74) is 6.17. The van der Waals surface area contributed by atoms with E-state index in [0.717, 1.165) is 16.2 Å². The minimum atomic E-state index is -0.639. The maximum Gasteiger partial charge on any atom is 0.172 e. The molecule has 0 aromatic carbocycles. The Bertz CT molecular complexity index is 437. The zero-order valence-corrected chi connectivity index (χ0v) is 13.0. The third-order valence-electron chi connectivity index (χ3n) is 4.25. The fourth-order valence-corrected chi connectivity index (χ4v) is 4.06. The maximum atomic E-state index is 11.6. The highest BCUT2D eigenvalue weighted by atomic mass is 32.1. The molecule has 2 rings (SSSR count). The molecule has 1 aliphatic carbocycles. The Morgan fingerprint density at radius 3 is 2.75 bits per heavy atom. The van der Waals surface area contributed by atoms with Crippen LogP contribution in [0.4, 0.5) is 0 Å². The van der Waals surface area contributed by atoms with Crippen molar-refractivity contribution >= 4 is 17.1 Å². The van der Waals surface area contributed by atoms with Gasteiger partial charge in [0.05, 0.1) is 4.88 Å². The molecule has 112 valence electrons. The Morgan fingerprint density at radius 1 is 1.40 bits per heavy atom. The number of aliphatic hydroxyl groups is 1. The number of Topliss-reactive ketones (excluding diaryl/α,β-unsaturated/α-hetero) is 1. The van der Waals surface area contributed by atoms with E-state index in [1.165, 1.54) is 43.4 Å². The summed E-state index contributed by atoms with van der Waals surface area (Å²) in [5.74, 6) is 0.791. The van der Waals surface area contributed by atoms with Crippen LogP contribution in [0.5, 0.6) is 0 Å². The van der Waals surface area contributed by atoms with Crippen LogP contribution in [0.1, 0.15) is 72.5 Å². The molecule has 1 fully saturated rings. The van der Waals surface area contributed by atoms with E-state index in [9.17, 15) is 9.90 Å². The first-order chi connectivity index (χ1) is 9.61.